The molecule has 0 spiro atoms. The van der Waals surface area contributed by atoms with Crippen LogP contribution in [0, 0.1) is 6.92 Å². The molecule has 9 heteroatoms. The minimum Gasteiger partial charge on any atom is -0.459 e. The van der Waals surface area contributed by atoms with E-state index in [0.29, 0.717) is 50.2 Å². The van der Waals surface area contributed by atoms with Crippen LogP contribution in [0.1, 0.15) is 29.2 Å². The Morgan fingerprint density at radius 3 is 2.68 bits per heavy atom. The van der Waals surface area contributed by atoms with Gasteiger partial charge in [0.15, 0.2) is 17.5 Å². The molecule has 0 bridgehead atoms. The van der Waals surface area contributed by atoms with Gasteiger partial charge in [-0.25, -0.2) is 4.99 Å². The minimum atomic E-state index is -0.0751. The van der Waals surface area contributed by atoms with Gasteiger partial charge in [0.2, 0.25) is 5.89 Å². The van der Waals surface area contributed by atoms with E-state index >= 15 is 0 Å². The lowest BCUT2D eigenvalue weighted by Crippen LogP contribution is -2.53. The summed E-state index contributed by atoms with van der Waals surface area (Å²) in [4.78, 5) is 25.0. The molecule has 0 aromatic carbocycles. The fourth-order valence-electron chi connectivity index (χ4n) is 2.65. The van der Waals surface area contributed by atoms with Crippen LogP contribution in [-0.4, -0.2) is 64.5 Å². The van der Waals surface area contributed by atoms with E-state index in [1.165, 1.54) is 6.26 Å². The summed E-state index contributed by atoms with van der Waals surface area (Å²) in [5.41, 5.74) is 0. The van der Waals surface area contributed by atoms with Crippen LogP contribution in [0.25, 0.3) is 0 Å². The number of rotatable bonds is 4. The number of amides is 1. The first-order valence-corrected chi connectivity index (χ1v) is 8.32. The van der Waals surface area contributed by atoms with Gasteiger partial charge in [0.25, 0.3) is 5.91 Å². The Hall–Kier alpha value is -2.84. The van der Waals surface area contributed by atoms with Crippen LogP contribution in [0.2, 0.25) is 0 Å². The standard InChI is InChI=1S/C16H22N6O3/c1-3-17-16(18-11-14-19-12(2)25-20-14)22-8-6-21(7-9-22)15(23)13-5-4-10-24-13/h4-5,10H,3,6-9,11H2,1-2H3,(H,17,18). The number of furan rings is 1. The van der Waals surface area contributed by atoms with Gasteiger partial charge in [-0.3, -0.25) is 4.79 Å². The van der Waals surface area contributed by atoms with Crippen molar-refractivity contribution in [2.45, 2.75) is 20.4 Å². The third kappa shape index (κ3) is 4.17. The molecule has 1 aliphatic rings. The third-order valence-electron chi connectivity index (χ3n) is 3.87. The Bertz CT molecular complexity index is 716. The molecule has 0 saturated carbocycles. The zero-order chi connectivity index (χ0) is 17.6. The lowest BCUT2D eigenvalue weighted by atomic mass is 10.3. The van der Waals surface area contributed by atoms with E-state index in [4.69, 9.17) is 8.94 Å². The van der Waals surface area contributed by atoms with E-state index in [0.717, 1.165) is 12.5 Å². The maximum atomic E-state index is 12.3. The first-order chi connectivity index (χ1) is 12.2. The molecule has 3 heterocycles. The number of aryl methyl sites for hydroxylation is 1. The van der Waals surface area contributed by atoms with Crippen molar-refractivity contribution in [2.75, 3.05) is 32.7 Å². The molecule has 1 aliphatic heterocycles. The van der Waals surface area contributed by atoms with Gasteiger partial charge < -0.3 is 24.1 Å². The Kier molecular flexibility index (Phi) is 5.32. The van der Waals surface area contributed by atoms with Gasteiger partial charge in [-0.1, -0.05) is 5.16 Å². The summed E-state index contributed by atoms with van der Waals surface area (Å²) in [5, 5.41) is 7.12. The first-order valence-electron chi connectivity index (χ1n) is 8.32. The molecule has 134 valence electrons. The van der Waals surface area contributed by atoms with Crippen LogP contribution < -0.4 is 5.32 Å². The van der Waals surface area contributed by atoms with Crippen molar-refractivity contribution in [3.8, 4) is 0 Å². The van der Waals surface area contributed by atoms with Gasteiger partial charge in [0.1, 0.15) is 6.54 Å². The fraction of sp³-hybridized carbons (Fsp3) is 0.500. The molecule has 1 N–H and O–H groups in total. The lowest BCUT2D eigenvalue weighted by molar-refractivity contribution is 0.0657. The van der Waals surface area contributed by atoms with Gasteiger partial charge in [0.05, 0.1) is 6.26 Å². The summed E-state index contributed by atoms with van der Waals surface area (Å²) in [7, 11) is 0. The number of aliphatic imine (C=N–C) groups is 1. The average molecular weight is 346 g/mol. The predicted molar refractivity (Wildman–Crippen MR) is 90.0 cm³/mol. The second-order valence-corrected chi connectivity index (χ2v) is 5.66. The summed E-state index contributed by atoms with van der Waals surface area (Å²) in [5.74, 6) is 2.17. The number of guanidine groups is 1. The maximum absolute atomic E-state index is 12.3. The normalized spacial score (nSPS) is 15.5. The summed E-state index contributed by atoms with van der Waals surface area (Å²) in [6.07, 6.45) is 1.51. The molecule has 25 heavy (non-hydrogen) atoms. The van der Waals surface area contributed by atoms with E-state index in [1.807, 2.05) is 6.92 Å². The van der Waals surface area contributed by atoms with Crippen molar-refractivity contribution in [1.29, 1.82) is 0 Å². The van der Waals surface area contributed by atoms with Crippen molar-refractivity contribution < 1.29 is 13.7 Å². The largest absolute Gasteiger partial charge is 0.459 e. The highest BCUT2D eigenvalue weighted by Gasteiger charge is 2.25. The zero-order valence-corrected chi connectivity index (χ0v) is 14.4. The molecule has 1 amide bonds. The van der Waals surface area contributed by atoms with E-state index in [9.17, 15) is 4.79 Å². The molecular formula is C16H22N6O3. The molecule has 1 fully saturated rings. The molecule has 0 aliphatic carbocycles. The zero-order valence-electron chi connectivity index (χ0n) is 14.4. The molecular weight excluding hydrogens is 324 g/mol. The van der Waals surface area contributed by atoms with Gasteiger partial charge in [-0.15, -0.1) is 0 Å². The van der Waals surface area contributed by atoms with Crippen LogP contribution in [-0.2, 0) is 6.54 Å². The summed E-state index contributed by atoms with van der Waals surface area (Å²) >= 11 is 0. The van der Waals surface area contributed by atoms with Crippen molar-refractivity contribution in [3.05, 3.63) is 35.9 Å². The van der Waals surface area contributed by atoms with Crippen molar-refractivity contribution in [2.24, 2.45) is 4.99 Å². The summed E-state index contributed by atoms with van der Waals surface area (Å²) in [6.45, 7) is 7.51. The van der Waals surface area contributed by atoms with E-state index in [1.54, 1.807) is 24.0 Å². The molecule has 0 unspecified atom stereocenters. The highest BCUT2D eigenvalue weighted by Crippen LogP contribution is 2.10. The average Bonchev–Trinajstić information content (AvgIpc) is 3.30. The number of carbonyl (C=O) groups excluding carboxylic acids is 1. The minimum absolute atomic E-state index is 0.0751. The number of carbonyl (C=O) groups is 1. The lowest BCUT2D eigenvalue weighted by Gasteiger charge is -2.36. The first kappa shape index (κ1) is 17.0. The van der Waals surface area contributed by atoms with E-state index in [-0.39, 0.29) is 5.91 Å². The topological polar surface area (TPSA) is 100 Å². The van der Waals surface area contributed by atoms with Crippen LogP contribution in [0.4, 0.5) is 0 Å². The molecule has 0 radical (unpaired) electrons. The van der Waals surface area contributed by atoms with Gasteiger partial charge in [-0.05, 0) is 19.1 Å². The second-order valence-electron chi connectivity index (χ2n) is 5.66. The van der Waals surface area contributed by atoms with Crippen molar-refractivity contribution >= 4 is 11.9 Å². The monoisotopic (exact) mass is 346 g/mol. The second kappa shape index (κ2) is 7.82. The van der Waals surface area contributed by atoms with E-state index in [2.05, 4.69) is 25.3 Å². The number of hydrogen-bond acceptors (Lipinski definition) is 6. The number of nitrogens with one attached hydrogen (secondary N) is 1. The van der Waals surface area contributed by atoms with Crippen LogP contribution in [0.15, 0.2) is 32.3 Å². The molecule has 2 aromatic rings. The highest BCUT2D eigenvalue weighted by molar-refractivity contribution is 5.91. The SMILES string of the molecule is CCNC(=NCc1noc(C)n1)N1CCN(C(=O)c2ccco2)CC1. The fourth-order valence-corrected chi connectivity index (χ4v) is 2.65. The summed E-state index contributed by atoms with van der Waals surface area (Å²) in [6, 6.07) is 3.41. The molecule has 0 atom stereocenters. The Morgan fingerprint density at radius 2 is 2.08 bits per heavy atom. The predicted octanol–water partition coefficient (Wildman–Crippen LogP) is 0.895. The van der Waals surface area contributed by atoms with Gasteiger partial charge in [-0.2, -0.15) is 4.98 Å². The highest BCUT2D eigenvalue weighted by atomic mass is 16.5. The number of piperazine rings is 1. The molecule has 1 saturated heterocycles. The van der Waals surface area contributed by atoms with E-state index < -0.39 is 0 Å². The van der Waals surface area contributed by atoms with Crippen molar-refractivity contribution in [1.82, 2.24) is 25.3 Å². The quantitative estimate of drug-likeness (QED) is 0.648. The Balaban J connectivity index is 1.59. The molecule has 3 rings (SSSR count). The maximum Gasteiger partial charge on any atom is 0.289 e. The number of aromatic nitrogens is 2. The smallest absolute Gasteiger partial charge is 0.289 e. The Labute approximate surface area is 145 Å². The van der Waals surface area contributed by atoms with Gasteiger partial charge >= 0.3 is 0 Å². The van der Waals surface area contributed by atoms with Crippen molar-refractivity contribution in [3.63, 3.8) is 0 Å². The number of nitrogens with zero attached hydrogens (tertiary/aromatic N) is 5. The van der Waals surface area contributed by atoms with Crippen LogP contribution in [0.3, 0.4) is 0 Å². The number of hydrogen-bond donors (Lipinski definition) is 1. The third-order valence-corrected chi connectivity index (χ3v) is 3.87. The molecule has 9 nitrogen and oxygen atoms in total. The van der Waals surface area contributed by atoms with Crippen LogP contribution in [0.5, 0.6) is 0 Å². The summed E-state index contributed by atoms with van der Waals surface area (Å²) < 4.78 is 10.1. The van der Waals surface area contributed by atoms with Crippen LogP contribution >= 0.6 is 0 Å². The van der Waals surface area contributed by atoms with Gasteiger partial charge in [0, 0.05) is 39.6 Å². The molecule has 2 aromatic heterocycles. The Morgan fingerprint density at radius 1 is 1.32 bits per heavy atom.